The first-order chi connectivity index (χ1) is 13.7. The van der Waals surface area contributed by atoms with Crippen LogP contribution in [0.1, 0.15) is 22.4 Å². The van der Waals surface area contributed by atoms with Crippen LogP contribution >= 0.6 is 0 Å². The third-order valence-corrected chi connectivity index (χ3v) is 5.31. The van der Waals surface area contributed by atoms with Gasteiger partial charge in [0.25, 0.3) is 0 Å². The lowest BCUT2D eigenvalue weighted by Gasteiger charge is -2.14. The van der Waals surface area contributed by atoms with Crippen LogP contribution in [0, 0.1) is 6.92 Å². The zero-order valence-corrected chi connectivity index (χ0v) is 16.4. The van der Waals surface area contributed by atoms with E-state index in [2.05, 4.69) is 0 Å². The Morgan fingerprint density at radius 2 is 1.66 bits per heavy atom. The molecule has 0 bridgehead atoms. The summed E-state index contributed by atoms with van der Waals surface area (Å²) in [7, 11) is 0. The van der Waals surface area contributed by atoms with Crippen molar-refractivity contribution in [2.75, 3.05) is 6.61 Å². The molecule has 0 aliphatic rings. The summed E-state index contributed by atoms with van der Waals surface area (Å²) in [5.74, 6) is 0.0228. The molecule has 2 aromatic carbocycles. The van der Waals surface area contributed by atoms with Gasteiger partial charge >= 0.3 is 6.18 Å². The van der Waals surface area contributed by atoms with E-state index < -0.39 is 22.8 Å². The van der Waals surface area contributed by atoms with Crippen LogP contribution in [0.25, 0.3) is 16.9 Å². The summed E-state index contributed by atoms with van der Waals surface area (Å²) >= 11 is -1.94. The molecule has 0 radical (unpaired) electrons. The Bertz CT molecular complexity index is 1010. The molecule has 0 amide bonds. The molecule has 1 atom stereocenters. The summed E-state index contributed by atoms with van der Waals surface area (Å²) < 4.78 is 60.6. The molecule has 3 aromatic rings. The minimum Gasteiger partial charge on any atom is -0.396 e. The maximum Gasteiger partial charge on any atom is 0.416 e. The lowest BCUT2D eigenvalue weighted by atomic mass is 10.1. The maximum absolute atomic E-state index is 12.9. The van der Waals surface area contributed by atoms with E-state index in [4.69, 9.17) is 4.55 Å². The normalized spacial score (nSPS) is 12.9. The molecule has 1 aromatic heterocycles. The number of hydrogen-bond donors (Lipinski definition) is 2. The average Bonchev–Trinajstić information content (AvgIpc) is 2.98. The zero-order valence-electron chi connectivity index (χ0n) is 15.6. The smallest absolute Gasteiger partial charge is 0.396 e. The fourth-order valence-electron chi connectivity index (χ4n) is 3.29. The van der Waals surface area contributed by atoms with Crippen LogP contribution in [0.3, 0.4) is 0 Å². The van der Waals surface area contributed by atoms with Crippen LogP contribution in [0.5, 0.6) is 0 Å². The van der Waals surface area contributed by atoms with E-state index in [-0.39, 0.29) is 12.4 Å². The third kappa shape index (κ3) is 4.77. The minimum absolute atomic E-state index is 0.0228. The highest BCUT2D eigenvalue weighted by Crippen LogP contribution is 2.33. The molecule has 0 aliphatic heterocycles. The predicted molar refractivity (Wildman–Crippen MR) is 106 cm³/mol. The van der Waals surface area contributed by atoms with Crippen molar-refractivity contribution < 1.29 is 27.0 Å². The highest BCUT2D eigenvalue weighted by molar-refractivity contribution is 7.78. The Hall–Kier alpha value is -2.42. The fourth-order valence-corrected chi connectivity index (χ4v) is 3.77. The highest BCUT2D eigenvalue weighted by Gasteiger charge is 2.30. The molecule has 0 spiro atoms. The molecular weight excluding hydrogens is 403 g/mol. The Morgan fingerprint density at radius 1 is 1.03 bits per heavy atom. The maximum atomic E-state index is 12.9. The van der Waals surface area contributed by atoms with Gasteiger partial charge in [-0.15, -0.1) is 0 Å². The highest BCUT2D eigenvalue weighted by atomic mass is 32.2. The lowest BCUT2D eigenvalue weighted by molar-refractivity contribution is -0.137. The van der Waals surface area contributed by atoms with Crippen molar-refractivity contribution in [2.24, 2.45) is 0 Å². The van der Waals surface area contributed by atoms with Crippen LogP contribution in [0.4, 0.5) is 13.2 Å². The van der Waals surface area contributed by atoms with Crippen LogP contribution in [-0.2, 0) is 29.4 Å². The molecule has 0 saturated carbocycles. The standard InChI is InChI=1S/C21H20F3NO3S/c1-14-17(10-11-26)12-20(16-4-2-15(3-5-16)13-29(27)28)25(14)19-8-6-18(7-9-19)21(22,23)24/h2-9,12,26H,10-11,13H2,1H3,(H,27,28). The Kier molecular flexibility index (Phi) is 6.26. The van der Waals surface area contributed by atoms with Gasteiger partial charge in [0.1, 0.15) is 0 Å². The van der Waals surface area contributed by atoms with E-state index in [0.717, 1.165) is 34.6 Å². The van der Waals surface area contributed by atoms with Gasteiger partial charge in [0.15, 0.2) is 11.1 Å². The fraction of sp³-hybridized carbons (Fsp3) is 0.238. The van der Waals surface area contributed by atoms with Crippen LogP contribution in [0.2, 0.25) is 0 Å². The number of nitrogens with zero attached hydrogens (tertiary/aromatic N) is 1. The van der Waals surface area contributed by atoms with Gasteiger partial charge in [0.2, 0.25) is 0 Å². The molecule has 1 heterocycles. The second-order valence-corrected chi connectivity index (χ2v) is 7.59. The molecule has 3 rings (SSSR count). The topological polar surface area (TPSA) is 62.5 Å². The number of alkyl halides is 3. The predicted octanol–water partition coefficient (Wildman–Crippen LogP) is 4.73. The molecule has 2 N–H and O–H groups in total. The van der Waals surface area contributed by atoms with Crippen molar-refractivity contribution in [1.82, 2.24) is 4.57 Å². The molecule has 8 heteroatoms. The first-order valence-corrected chi connectivity index (χ1v) is 10.1. The molecule has 4 nitrogen and oxygen atoms in total. The number of aliphatic hydroxyl groups is 1. The summed E-state index contributed by atoms with van der Waals surface area (Å²) in [4.78, 5) is 0. The number of benzene rings is 2. The van der Waals surface area contributed by atoms with E-state index in [1.807, 2.05) is 17.6 Å². The van der Waals surface area contributed by atoms with Crippen LogP contribution in [0.15, 0.2) is 54.6 Å². The molecule has 0 saturated heterocycles. The monoisotopic (exact) mass is 423 g/mol. The molecule has 154 valence electrons. The van der Waals surface area contributed by atoms with E-state index in [0.29, 0.717) is 17.7 Å². The van der Waals surface area contributed by atoms with Crippen molar-refractivity contribution in [2.45, 2.75) is 25.3 Å². The van der Waals surface area contributed by atoms with Crippen molar-refractivity contribution in [1.29, 1.82) is 0 Å². The summed E-state index contributed by atoms with van der Waals surface area (Å²) in [5.41, 5.74) is 3.86. The van der Waals surface area contributed by atoms with Crippen molar-refractivity contribution in [3.63, 3.8) is 0 Å². The van der Waals surface area contributed by atoms with Crippen LogP contribution < -0.4 is 0 Å². The number of halogens is 3. The van der Waals surface area contributed by atoms with Gasteiger partial charge in [-0.2, -0.15) is 13.2 Å². The van der Waals surface area contributed by atoms with Crippen molar-refractivity contribution in [3.05, 3.63) is 77.0 Å². The largest absolute Gasteiger partial charge is 0.416 e. The molecular formula is C21H20F3NO3S. The molecule has 29 heavy (non-hydrogen) atoms. The van der Waals surface area contributed by atoms with Crippen LogP contribution in [-0.4, -0.2) is 25.0 Å². The molecule has 0 fully saturated rings. The van der Waals surface area contributed by atoms with Gasteiger partial charge in [-0.25, -0.2) is 4.21 Å². The van der Waals surface area contributed by atoms with Gasteiger partial charge in [0, 0.05) is 18.0 Å². The number of hydrogen-bond acceptors (Lipinski definition) is 2. The van der Waals surface area contributed by atoms with E-state index in [9.17, 15) is 22.5 Å². The third-order valence-electron chi connectivity index (χ3n) is 4.73. The summed E-state index contributed by atoms with van der Waals surface area (Å²) in [5, 5.41) is 9.34. The average molecular weight is 423 g/mol. The van der Waals surface area contributed by atoms with E-state index in [1.54, 1.807) is 24.3 Å². The van der Waals surface area contributed by atoms with Gasteiger partial charge in [-0.05, 0) is 60.4 Å². The van der Waals surface area contributed by atoms with Crippen molar-refractivity contribution in [3.8, 4) is 16.9 Å². The zero-order chi connectivity index (χ0) is 21.2. The van der Waals surface area contributed by atoms with Gasteiger partial charge in [0.05, 0.1) is 17.0 Å². The second kappa shape index (κ2) is 8.52. The molecule has 0 aliphatic carbocycles. The lowest BCUT2D eigenvalue weighted by Crippen LogP contribution is -2.06. The number of aromatic nitrogens is 1. The van der Waals surface area contributed by atoms with E-state index in [1.165, 1.54) is 12.1 Å². The van der Waals surface area contributed by atoms with Crippen molar-refractivity contribution >= 4 is 11.1 Å². The first-order valence-electron chi connectivity index (χ1n) is 8.87. The Morgan fingerprint density at radius 3 is 2.17 bits per heavy atom. The first kappa shape index (κ1) is 21.3. The van der Waals surface area contributed by atoms with Gasteiger partial charge in [-0.3, -0.25) is 0 Å². The van der Waals surface area contributed by atoms with E-state index >= 15 is 0 Å². The summed E-state index contributed by atoms with van der Waals surface area (Å²) in [6.07, 6.45) is -3.98. The Labute approximate surface area is 168 Å². The summed E-state index contributed by atoms with van der Waals surface area (Å²) in [6.45, 7) is 1.81. The minimum atomic E-state index is -4.40. The SMILES string of the molecule is Cc1c(CCO)cc(-c2ccc(CS(=O)O)cc2)n1-c1ccc(C(F)(F)F)cc1. The van der Waals surface area contributed by atoms with Gasteiger partial charge < -0.3 is 14.2 Å². The summed E-state index contributed by atoms with van der Waals surface area (Å²) in [6, 6.07) is 13.9. The second-order valence-electron chi connectivity index (χ2n) is 6.66. The van der Waals surface area contributed by atoms with Gasteiger partial charge in [-0.1, -0.05) is 24.3 Å². The number of aliphatic hydroxyl groups excluding tert-OH is 1. The molecule has 1 unspecified atom stereocenters. The Balaban J connectivity index is 2.08. The number of rotatable bonds is 6. The quantitative estimate of drug-likeness (QED) is 0.564.